The maximum absolute atomic E-state index is 9.01. The van der Waals surface area contributed by atoms with Crippen molar-refractivity contribution in [2.24, 2.45) is 5.41 Å². The summed E-state index contributed by atoms with van der Waals surface area (Å²) in [6, 6.07) is 0.632. The lowest BCUT2D eigenvalue weighted by atomic mass is 9.92. The number of likely N-dealkylation sites (tertiary alicyclic amines) is 1. The van der Waals surface area contributed by atoms with Gasteiger partial charge in [-0.2, -0.15) is 0 Å². The van der Waals surface area contributed by atoms with Crippen LogP contribution >= 0.6 is 0 Å². The van der Waals surface area contributed by atoms with Gasteiger partial charge in [0.1, 0.15) is 0 Å². The lowest BCUT2D eigenvalue weighted by molar-refractivity contribution is 0.0845. The van der Waals surface area contributed by atoms with Gasteiger partial charge in [0.05, 0.1) is 0 Å². The van der Waals surface area contributed by atoms with Crippen LogP contribution in [0.3, 0.4) is 0 Å². The highest BCUT2D eigenvalue weighted by Crippen LogP contribution is 2.24. The summed E-state index contributed by atoms with van der Waals surface area (Å²) in [5, 5.41) is 9.01. The molecule has 0 aromatic carbocycles. The number of rotatable bonds is 3. The third-order valence-corrected chi connectivity index (χ3v) is 2.89. The molecule has 1 atom stereocenters. The molecule has 0 aliphatic carbocycles. The van der Waals surface area contributed by atoms with Crippen LogP contribution < -0.4 is 0 Å². The Balaban J connectivity index is 2.45. The summed E-state index contributed by atoms with van der Waals surface area (Å²) in [5.74, 6) is 0. The highest BCUT2D eigenvalue weighted by Gasteiger charge is 2.25. The fraction of sp³-hybridized carbons (Fsp3) is 1.00. The second kappa shape index (κ2) is 5.13. The quantitative estimate of drug-likeness (QED) is 0.753. The second-order valence-corrected chi connectivity index (χ2v) is 5.69. The average molecular weight is 199 g/mol. The molecule has 1 aliphatic rings. The minimum absolute atomic E-state index is 0.339. The summed E-state index contributed by atoms with van der Waals surface area (Å²) in [7, 11) is 0. The van der Waals surface area contributed by atoms with Gasteiger partial charge in [0.2, 0.25) is 0 Å². The van der Waals surface area contributed by atoms with E-state index in [2.05, 4.69) is 25.7 Å². The van der Waals surface area contributed by atoms with Gasteiger partial charge < -0.3 is 5.11 Å². The van der Waals surface area contributed by atoms with Crippen molar-refractivity contribution < 1.29 is 5.11 Å². The molecule has 0 aromatic heterocycles. The molecule has 0 aromatic rings. The molecule has 2 nitrogen and oxygen atoms in total. The fourth-order valence-corrected chi connectivity index (χ4v) is 2.35. The van der Waals surface area contributed by atoms with Crippen molar-refractivity contribution in [1.82, 2.24) is 4.90 Å². The Bertz CT molecular complexity index is 160. The first-order valence-corrected chi connectivity index (χ1v) is 5.88. The highest BCUT2D eigenvalue weighted by atomic mass is 16.3. The second-order valence-electron chi connectivity index (χ2n) is 5.69. The van der Waals surface area contributed by atoms with E-state index in [1.54, 1.807) is 0 Å². The minimum atomic E-state index is 0.339. The third kappa shape index (κ3) is 3.97. The van der Waals surface area contributed by atoms with E-state index >= 15 is 0 Å². The Morgan fingerprint density at radius 2 is 2.00 bits per heavy atom. The van der Waals surface area contributed by atoms with Crippen LogP contribution in [0.1, 0.15) is 46.5 Å². The smallest absolute Gasteiger partial charge is 0.0445 e. The lowest BCUT2D eigenvalue weighted by Crippen LogP contribution is -2.44. The molecule has 1 unspecified atom stereocenters. The van der Waals surface area contributed by atoms with E-state index in [4.69, 9.17) is 5.11 Å². The molecule has 0 amide bonds. The maximum atomic E-state index is 9.01. The monoisotopic (exact) mass is 199 g/mol. The van der Waals surface area contributed by atoms with Crippen LogP contribution in [0.2, 0.25) is 0 Å². The number of nitrogens with zero attached hydrogens (tertiary/aromatic N) is 1. The zero-order valence-corrected chi connectivity index (χ0v) is 9.92. The molecule has 0 saturated carbocycles. The zero-order chi connectivity index (χ0) is 10.6. The van der Waals surface area contributed by atoms with Gasteiger partial charge >= 0.3 is 0 Å². The molecule has 0 bridgehead atoms. The van der Waals surface area contributed by atoms with Crippen LogP contribution in [0.15, 0.2) is 0 Å². The first-order valence-electron chi connectivity index (χ1n) is 5.88. The molecule has 2 heteroatoms. The van der Waals surface area contributed by atoms with Gasteiger partial charge in [-0.1, -0.05) is 27.2 Å². The van der Waals surface area contributed by atoms with Crippen LogP contribution in [0.25, 0.3) is 0 Å². The standard InChI is InChI=1S/C12H25NO/c1-12(2,3)10-13-8-5-4-6-11(13)7-9-14/h11,14H,4-10H2,1-3H3. The summed E-state index contributed by atoms with van der Waals surface area (Å²) in [5.41, 5.74) is 0.380. The van der Waals surface area contributed by atoms with E-state index in [0.29, 0.717) is 18.1 Å². The maximum Gasteiger partial charge on any atom is 0.0445 e. The zero-order valence-electron chi connectivity index (χ0n) is 9.92. The summed E-state index contributed by atoms with van der Waals surface area (Å²) in [6.45, 7) is 9.59. The van der Waals surface area contributed by atoms with Crippen molar-refractivity contribution in [3.8, 4) is 0 Å². The van der Waals surface area contributed by atoms with Gasteiger partial charge in [0, 0.05) is 19.2 Å². The van der Waals surface area contributed by atoms with Gasteiger partial charge in [-0.3, -0.25) is 4.90 Å². The Morgan fingerprint density at radius 1 is 1.29 bits per heavy atom. The first-order chi connectivity index (χ1) is 6.53. The molecular weight excluding hydrogens is 174 g/mol. The Labute approximate surface area is 88.3 Å². The van der Waals surface area contributed by atoms with Crippen LogP contribution in [-0.4, -0.2) is 35.7 Å². The lowest BCUT2D eigenvalue weighted by Gasteiger charge is -2.39. The number of aliphatic hydroxyl groups excluding tert-OH is 1. The molecule has 1 aliphatic heterocycles. The molecule has 84 valence electrons. The van der Waals surface area contributed by atoms with E-state index in [-0.39, 0.29) is 0 Å². The largest absolute Gasteiger partial charge is 0.396 e. The van der Waals surface area contributed by atoms with Crippen molar-refractivity contribution in [1.29, 1.82) is 0 Å². The van der Waals surface area contributed by atoms with Gasteiger partial charge in [-0.15, -0.1) is 0 Å². The van der Waals surface area contributed by atoms with Gasteiger partial charge in [-0.25, -0.2) is 0 Å². The average Bonchev–Trinajstić information content (AvgIpc) is 2.06. The van der Waals surface area contributed by atoms with Crippen molar-refractivity contribution in [2.75, 3.05) is 19.7 Å². The topological polar surface area (TPSA) is 23.5 Å². The van der Waals surface area contributed by atoms with Crippen LogP contribution in [0.4, 0.5) is 0 Å². The molecule has 1 saturated heterocycles. The van der Waals surface area contributed by atoms with Gasteiger partial charge in [0.25, 0.3) is 0 Å². The van der Waals surface area contributed by atoms with Gasteiger partial charge in [-0.05, 0) is 31.2 Å². The van der Waals surface area contributed by atoms with Crippen LogP contribution in [0.5, 0.6) is 0 Å². The summed E-state index contributed by atoms with van der Waals surface area (Å²) in [4.78, 5) is 2.57. The molecular formula is C12H25NO. The predicted molar refractivity (Wildman–Crippen MR) is 60.4 cm³/mol. The molecule has 0 spiro atoms. The molecule has 14 heavy (non-hydrogen) atoms. The van der Waals surface area contributed by atoms with Crippen molar-refractivity contribution >= 4 is 0 Å². The number of aliphatic hydroxyl groups is 1. The van der Waals surface area contributed by atoms with E-state index < -0.39 is 0 Å². The molecule has 0 radical (unpaired) electrons. The summed E-state index contributed by atoms with van der Waals surface area (Å²) in [6.07, 6.45) is 4.90. The number of hydrogen-bond acceptors (Lipinski definition) is 2. The number of piperidine rings is 1. The SMILES string of the molecule is CC(C)(C)CN1CCCCC1CCO. The molecule has 1 fully saturated rings. The predicted octanol–water partition coefficient (Wildman–Crippen LogP) is 2.27. The van der Waals surface area contributed by atoms with Crippen molar-refractivity contribution in [3.05, 3.63) is 0 Å². The normalized spacial score (nSPS) is 25.3. The fourth-order valence-electron chi connectivity index (χ4n) is 2.35. The Hall–Kier alpha value is -0.0800. The molecule has 1 rings (SSSR count). The van der Waals surface area contributed by atoms with E-state index in [1.165, 1.54) is 25.8 Å². The van der Waals surface area contributed by atoms with Crippen LogP contribution in [-0.2, 0) is 0 Å². The molecule has 1 heterocycles. The first kappa shape index (κ1) is 12.0. The van der Waals surface area contributed by atoms with Gasteiger partial charge in [0.15, 0.2) is 0 Å². The Morgan fingerprint density at radius 3 is 2.57 bits per heavy atom. The van der Waals surface area contributed by atoms with E-state index in [9.17, 15) is 0 Å². The van der Waals surface area contributed by atoms with Crippen molar-refractivity contribution in [2.45, 2.75) is 52.5 Å². The third-order valence-electron chi connectivity index (χ3n) is 2.89. The number of hydrogen-bond donors (Lipinski definition) is 1. The highest BCUT2D eigenvalue weighted by molar-refractivity contribution is 4.80. The van der Waals surface area contributed by atoms with E-state index in [1.807, 2.05) is 0 Å². The summed E-state index contributed by atoms with van der Waals surface area (Å²) >= 11 is 0. The van der Waals surface area contributed by atoms with Crippen molar-refractivity contribution in [3.63, 3.8) is 0 Å². The minimum Gasteiger partial charge on any atom is -0.396 e. The van der Waals surface area contributed by atoms with E-state index in [0.717, 1.165) is 13.0 Å². The summed E-state index contributed by atoms with van der Waals surface area (Å²) < 4.78 is 0. The Kier molecular flexibility index (Phi) is 4.39. The van der Waals surface area contributed by atoms with Crippen LogP contribution in [0, 0.1) is 5.41 Å². The molecule has 1 N–H and O–H groups in total.